The predicted octanol–water partition coefficient (Wildman–Crippen LogP) is 0.0957. The van der Waals surface area contributed by atoms with Crippen LogP contribution in [0.2, 0.25) is 0 Å². The van der Waals surface area contributed by atoms with Crippen LogP contribution in [0.5, 0.6) is 0 Å². The summed E-state index contributed by atoms with van der Waals surface area (Å²) in [5.41, 5.74) is 0.906. The fraction of sp³-hybridized carbons (Fsp3) is 0.538. The smallest absolute Gasteiger partial charge is 0.250 e. The molecular formula is C13H19N3O2. The number of pyridine rings is 1. The van der Waals surface area contributed by atoms with Gasteiger partial charge in [0, 0.05) is 31.9 Å². The van der Waals surface area contributed by atoms with Crippen molar-refractivity contribution in [2.45, 2.75) is 25.4 Å². The maximum Gasteiger partial charge on any atom is 0.250 e. The molecule has 5 nitrogen and oxygen atoms in total. The first-order valence-electron chi connectivity index (χ1n) is 6.18. The van der Waals surface area contributed by atoms with Crippen LogP contribution >= 0.6 is 0 Å². The molecule has 1 aromatic heterocycles. The standard InChI is InChI=1S/C13H19N3O2/c1-15(9-12(17)14-11-3-4-11)8-10-5-6-16(2)13(18)7-10/h5-7,11H,3-4,8-9H2,1-2H3,(H,14,17). The quantitative estimate of drug-likeness (QED) is 0.805. The largest absolute Gasteiger partial charge is 0.352 e. The number of likely N-dealkylation sites (N-methyl/N-ethyl adjacent to an activating group) is 1. The number of carbonyl (C=O) groups is 1. The Kier molecular flexibility index (Phi) is 3.81. The second-order valence-corrected chi connectivity index (χ2v) is 5.00. The molecule has 0 spiro atoms. The van der Waals surface area contributed by atoms with Crippen LogP contribution in [-0.2, 0) is 18.4 Å². The number of aryl methyl sites for hydroxylation is 1. The Morgan fingerprint density at radius 1 is 1.56 bits per heavy atom. The summed E-state index contributed by atoms with van der Waals surface area (Å²) in [6.45, 7) is 0.972. The van der Waals surface area contributed by atoms with Crippen LogP contribution in [0.4, 0.5) is 0 Å². The lowest BCUT2D eigenvalue weighted by Gasteiger charge is -2.16. The van der Waals surface area contributed by atoms with E-state index in [-0.39, 0.29) is 11.5 Å². The average Bonchev–Trinajstić information content (AvgIpc) is 3.07. The lowest BCUT2D eigenvalue weighted by atomic mass is 10.2. The van der Waals surface area contributed by atoms with E-state index in [0.717, 1.165) is 18.4 Å². The third-order valence-electron chi connectivity index (χ3n) is 2.98. The summed E-state index contributed by atoms with van der Waals surface area (Å²) in [5.74, 6) is 0.0591. The van der Waals surface area contributed by atoms with E-state index < -0.39 is 0 Å². The van der Waals surface area contributed by atoms with Crippen LogP contribution in [0.1, 0.15) is 18.4 Å². The number of nitrogens with one attached hydrogen (secondary N) is 1. The molecule has 5 heteroatoms. The van der Waals surface area contributed by atoms with Crippen molar-refractivity contribution in [3.05, 3.63) is 34.2 Å². The van der Waals surface area contributed by atoms with Gasteiger partial charge in [0.05, 0.1) is 6.54 Å². The van der Waals surface area contributed by atoms with Crippen molar-refractivity contribution in [3.63, 3.8) is 0 Å². The first-order chi connectivity index (χ1) is 8.54. The molecular weight excluding hydrogens is 230 g/mol. The molecule has 1 amide bonds. The van der Waals surface area contributed by atoms with Crippen molar-refractivity contribution in [1.29, 1.82) is 0 Å². The molecule has 18 heavy (non-hydrogen) atoms. The number of carbonyl (C=O) groups excluding carboxylic acids is 1. The van der Waals surface area contributed by atoms with Gasteiger partial charge in [0.1, 0.15) is 0 Å². The zero-order chi connectivity index (χ0) is 13.1. The van der Waals surface area contributed by atoms with E-state index >= 15 is 0 Å². The highest BCUT2D eigenvalue weighted by atomic mass is 16.2. The van der Waals surface area contributed by atoms with Gasteiger partial charge in [0.15, 0.2) is 0 Å². The van der Waals surface area contributed by atoms with Gasteiger partial charge in [-0.05, 0) is 31.5 Å². The first kappa shape index (κ1) is 12.8. The minimum atomic E-state index is -0.0247. The molecule has 0 radical (unpaired) electrons. The number of rotatable bonds is 5. The van der Waals surface area contributed by atoms with Crippen LogP contribution in [0, 0.1) is 0 Å². The van der Waals surface area contributed by atoms with Gasteiger partial charge in [-0.3, -0.25) is 14.5 Å². The summed E-state index contributed by atoms with van der Waals surface area (Å²) in [6.07, 6.45) is 3.95. The van der Waals surface area contributed by atoms with E-state index in [1.54, 1.807) is 19.3 Å². The van der Waals surface area contributed by atoms with E-state index in [2.05, 4.69) is 5.32 Å². The Bertz CT molecular complexity index is 491. The van der Waals surface area contributed by atoms with Gasteiger partial charge in [-0.2, -0.15) is 0 Å². The summed E-state index contributed by atoms with van der Waals surface area (Å²) in [4.78, 5) is 25.0. The second kappa shape index (κ2) is 5.35. The lowest BCUT2D eigenvalue weighted by Crippen LogP contribution is -2.36. The van der Waals surface area contributed by atoms with E-state index in [9.17, 15) is 9.59 Å². The Balaban J connectivity index is 1.85. The molecule has 98 valence electrons. The fourth-order valence-electron chi connectivity index (χ4n) is 1.80. The normalized spacial score (nSPS) is 14.8. The van der Waals surface area contributed by atoms with Gasteiger partial charge in [-0.15, -0.1) is 0 Å². The molecule has 0 unspecified atom stereocenters. The molecule has 2 rings (SSSR count). The minimum Gasteiger partial charge on any atom is -0.352 e. The molecule has 1 aliphatic rings. The molecule has 0 bridgehead atoms. The minimum absolute atomic E-state index is 0.0247. The van der Waals surface area contributed by atoms with Crippen LogP contribution in [0.25, 0.3) is 0 Å². The number of amides is 1. The van der Waals surface area contributed by atoms with Crippen LogP contribution < -0.4 is 10.9 Å². The van der Waals surface area contributed by atoms with Crippen molar-refractivity contribution in [3.8, 4) is 0 Å². The van der Waals surface area contributed by atoms with Crippen LogP contribution in [0.15, 0.2) is 23.1 Å². The fourth-order valence-corrected chi connectivity index (χ4v) is 1.80. The van der Waals surface area contributed by atoms with Gasteiger partial charge in [0.2, 0.25) is 5.91 Å². The van der Waals surface area contributed by atoms with E-state index in [4.69, 9.17) is 0 Å². The number of nitrogens with zero attached hydrogens (tertiary/aromatic N) is 2. The van der Waals surface area contributed by atoms with E-state index in [1.165, 1.54) is 4.57 Å². The average molecular weight is 249 g/mol. The van der Waals surface area contributed by atoms with E-state index in [1.807, 2.05) is 18.0 Å². The maximum atomic E-state index is 11.6. The first-order valence-corrected chi connectivity index (χ1v) is 6.18. The third-order valence-corrected chi connectivity index (χ3v) is 2.98. The van der Waals surface area contributed by atoms with Gasteiger partial charge < -0.3 is 9.88 Å². The summed E-state index contributed by atoms with van der Waals surface area (Å²) in [7, 11) is 3.60. The summed E-state index contributed by atoms with van der Waals surface area (Å²) >= 11 is 0. The van der Waals surface area contributed by atoms with Gasteiger partial charge in [-0.25, -0.2) is 0 Å². The zero-order valence-corrected chi connectivity index (χ0v) is 10.8. The van der Waals surface area contributed by atoms with Gasteiger partial charge >= 0.3 is 0 Å². The topological polar surface area (TPSA) is 54.3 Å². The Morgan fingerprint density at radius 2 is 2.28 bits per heavy atom. The molecule has 0 aliphatic heterocycles. The molecule has 0 atom stereocenters. The number of hydrogen-bond acceptors (Lipinski definition) is 3. The predicted molar refractivity (Wildman–Crippen MR) is 69.2 cm³/mol. The molecule has 1 N–H and O–H groups in total. The molecule has 1 heterocycles. The molecule has 1 aromatic rings. The number of hydrogen-bond donors (Lipinski definition) is 1. The molecule has 0 saturated heterocycles. The van der Waals surface area contributed by atoms with Crippen LogP contribution in [0.3, 0.4) is 0 Å². The van der Waals surface area contributed by atoms with Gasteiger partial charge in [-0.1, -0.05) is 0 Å². The lowest BCUT2D eigenvalue weighted by molar-refractivity contribution is -0.122. The highest BCUT2D eigenvalue weighted by molar-refractivity contribution is 5.78. The molecule has 1 fully saturated rings. The van der Waals surface area contributed by atoms with Crippen molar-refractivity contribution in [2.75, 3.05) is 13.6 Å². The van der Waals surface area contributed by atoms with Crippen LogP contribution in [-0.4, -0.2) is 35.0 Å². The van der Waals surface area contributed by atoms with Crippen molar-refractivity contribution in [2.24, 2.45) is 7.05 Å². The monoisotopic (exact) mass is 249 g/mol. The van der Waals surface area contributed by atoms with E-state index in [0.29, 0.717) is 19.1 Å². The highest BCUT2D eigenvalue weighted by Crippen LogP contribution is 2.18. The summed E-state index contributed by atoms with van der Waals surface area (Å²) in [6, 6.07) is 3.90. The Hall–Kier alpha value is -1.62. The molecule has 1 aliphatic carbocycles. The van der Waals surface area contributed by atoms with Crippen molar-refractivity contribution < 1.29 is 4.79 Å². The van der Waals surface area contributed by atoms with Crippen molar-refractivity contribution in [1.82, 2.24) is 14.8 Å². The summed E-state index contributed by atoms with van der Waals surface area (Å²) in [5, 5.41) is 2.94. The SMILES string of the molecule is CN(CC(=O)NC1CC1)Cc1ccn(C)c(=O)c1. The zero-order valence-electron chi connectivity index (χ0n) is 10.8. The Labute approximate surface area is 106 Å². The number of aromatic nitrogens is 1. The highest BCUT2D eigenvalue weighted by Gasteiger charge is 2.23. The molecule has 1 saturated carbocycles. The third kappa shape index (κ3) is 3.70. The molecule has 0 aromatic carbocycles. The second-order valence-electron chi connectivity index (χ2n) is 5.00. The van der Waals surface area contributed by atoms with Gasteiger partial charge in [0.25, 0.3) is 5.56 Å². The Morgan fingerprint density at radius 3 is 2.89 bits per heavy atom. The van der Waals surface area contributed by atoms with Crippen molar-refractivity contribution >= 4 is 5.91 Å². The maximum absolute atomic E-state index is 11.6. The summed E-state index contributed by atoms with van der Waals surface area (Å²) < 4.78 is 1.53.